The number of nitrogens with zero attached hydrogens (tertiary/aromatic N) is 2. The fourth-order valence-electron chi connectivity index (χ4n) is 2.49. The molecule has 0 unspecified atom stereocenters. The first-order chi connectivity index (χ1) is 11.5. The zero-order valence-electron chi connectivity index (χ0n) is 13.3. The second kappa shape index (κ2) is 7.30. The van der Waals surface area contributed by atoms with Gasteiger partial charge in [0.25, 0.3) is 5.91 Å². The Kier molecular flexibility index (Phi) is 5.33. The normalized spacial score (nSPS) is 15.2. The SMILES string of the molecule is CCCCS(=O)(=O)N1CCc2nc(NC(=O)c3cccs3)sc2C1. The van der Waals surface area contributed by atoms with Gasteiger partial charge in [-0.3, -0.25) is 10.1 Å². The second-order valence-electron chi connectivity index (χ2n) is 5.57. The van der Waals surface area contributed by atoms with Crippen LogP contribution in [-0.2, 0) is 23.0 Å². The highest BCUT2D eigenvalue weighted by molar-refractivity contribution is 7.89. The molecule has 3 heterocycles. The summed E-state index contributed by atoms with van der Waals surface area (Å²) in [4.78, 5) is 18.1. The average molecular weight is 386 g/mol. The van der Waals surface area contributed by atoms with Crippen LogP contribution in [-0.4, -0.2) is 35.9 Å². The maximum Gasteiger partial charge on any atom is 0.267 e. The molecule has 0 radical (unpaired) electrons. The molecule has 0 spiro atoms. The fraction of sp³-hybridized carbons (Fsp3) is 0.467. The molecule has 130 valence electrons. The molecule has 9 heteroatoms. The summed E-state index contributed by atoms with van der Waals surface area (Å²) in [5.74, 6) is 0.0168. The zero-order chi connectivity index (χ0) is 17.2. The molecule has 1 amide bonds. The number of nitrogens with one attached hydrogen (secondary N) is 1. The van der Waals surface area contributed by atoms with Crippen LogP contribution in [0.25, 0.3) is 0 Å². The van der Waals surface area contributed by atoms with E-state index in [1.165, 1.54) is 27.0 Å². The van der Waals surface area contributed by atoms with E-state index < -0.39 is 10.0 Å². The predicted molar refractivity (Wildman–Crippen MR) is 97.2 cm³/mol. The van der Waals surface area contributed by atoms with Crippen LogP contribution in [0.3, 0.4) is 0 Å². The Balaban J connectivity index is 1.70. The minimum atomic E-state index is -3.21. The van der Waals surface area contributed by atoms with E-state index in [9.17, 15) is 13.2 Å². The van der Waals surface area contributed by atoms with Crippen LogP contribution in [0.5, 0.6) is 0 Å². The lowest BCUT2D eigenvalue weighted by atomic mass is 10.2. The van der Waals surface area contributed by atoms with Crippen molar-refractivity contribution in [2.24, 2.45) is 0 Å². The van der Waals surface area contributed by atoms with Gasteiger partial charge in [0.15, 0.2) is 5.13 Å². The van der Waals surface area contributed by atoms with Gasteiger partial charge < -0.3 is 0 Å². The quantitative estimate of drug-likeness (QED) is 0.829. The van der Waals surface area contributed by atoms with Crippen molar-refractivity contribution in [2.75, 3.05) is 17.6 Å². The Morgan fingerprint density at radius 1 is 1.46 bits per heavy atom. The van der Waals surface area contributed by atoms with Crippen LogP contribution in [0, 0.1) is 0 Å². The average Bonchev–Trinajstić information content (AvgIpc) is 3.21. The number of thiophene rings is 1. The molecule has 0 saturated carbocycles. The number of carbonyl (C=O) groups is 1. The van der Waals surface area contributed by atoms with E-state index in [0.29, 0.717) is 35.9 Å². The summed E-state index contributed by atoms with van der Waals surface area (Å²) < 4.78 is 26.2. The van der Waals surface area contributed by atoms with E-state index in [4.69, 9.17) is 0 Å². The van der Waals surface area contributed by atoms with E-state index in [-0.39, 0.29) is 11.7 Å². The molecule has 24 heavy (non-hydrogen) atoms. The molecule has 0 fully saturated rings. The number of sulfonamides is 1. The van der Waals surface area contributed by atoms with Gasteiger partial charge in [0.2, 0.25) is 10.0 Å². The molecule has 6 nitrogen and oxygen atoms in total. The second-order valence-corrected chi connectivity index (χ2v) is 9.69. The van der Waals surface area contributed by atoms with Crippen molar-refractivity contribution < 1.29 is 13.2 Å². The molecule has 1 aliphatic rings. The molecule has 0 saturated heterocycles. The van der Waals surface area contributed by atoms with Gasteiger partial charge in [-0.2, -0.15) is 4.31 Å². The smallest absolute Gasteiger partial charge is 0.267 e. The number of hydrogen-bond donors (Lipinski definition) is 1. The summed E-state index contributed by atoms with van der Waals surface area (Å²) in [6.07, 6.45) is 2.13. The van der Waals surface area contributed by atoms with E-state index in [1.807, 2.05) is 18.4 Å². The van der Waals surface area contributed by atoms with E-state index >= 15 is 0 Å². The molecule has 1 N–H and O–H groups in total. The van der Waals surface area contributed by atoms with Crippen molar-refractivity contribution in [1.82, 2.24) is 9.29 Å². The number of amides is 1. The highest BCUT2D eigenvalue weighted by atomic mass is 32.2. The molecule has 0 atom stereocenters. The monoisotopic (exact) mass is 385 g/mol. The van der Waals surface area contributed by atoms with Crippen LogP contribution in [0.15, 0.2) is 17.5 Å². The largest absolute Gasteiger partial charge is 0.297 e. The molecule has 3 rings (SSSR count). The molecule has 0 aromatic carbocycles. The van der Waals surface area contributed by atoms with Gasteiger partial charge >= 0.3 is 0 Å². The van der Waals surface area contributed by atoms with Gasteiger partial charge in [-0.1, -0.05) is 19.4 Å². The Morgan fingerprint density at radius 3 is 3.00 bits per heavy atom. The van der Waals surface area contributed by atoms with Crippen LogP contribution >= 0.6 is 22.7 Å². The molecule has 0 aliphatic carbocycles. The van der Waals surface area contributed by atoms with Crippen molar-refractivity contribution >= 4 is 43.7 Å². The van der Waals surface area contributed by atoms with Crippen molar-refractivity contribution in [3.05, 3.63) is 33.0 Å². The van der Waals surface area contributed by atoms with Crippen LogP contribution in [0.4, 0.5) is 5.13 Å². The van der Waals surface area contributed by atoms with Crippen molar-refractivity contribution in [2.45, 2.75) is 32.7 Å². The maximum atomic E-state index is 12.3. The highest BCUT2D eigenvalue weighted by Crippen LogP contribution is 2.30. The van der Waals surface area contributed by atoms with Gasteiger partial charge in [0.05, 0.1) is 16.3 Å². The van der Waals surface area contributed by atoms with Gasteiger partial charge in [-0.15, -0.1) is 22.7 Å². The van der Waals surface area contributed by atoms with Gasteiger partial charge in [-0.05, 0) is 17.9 Å². The lowest BCUT2D eigenvalue weighted by Gasteiger charge is -2.25. The van der Waals surface area contributed by atoms with E-state index in [1.54, 1.807) is 6.07 Å². The summed E-state index contributed by atoms with van der Waals surface area (Å²) in [7, 11) is -3.21. The first-order valence-corrected chi connectivity index (χ1v) is 11.1. The first-order valence-electron chi connectivity index (χ1n) is 7.81. The zero-order valence-corrected chi connectivity index (χ0v) is 15.8. The summed E-state index contributed by atoms with van der Waals surface area (Å²) in [6, 6.07) is 3.58. The van der Waals surface area contributed by atoms with Crippen LogP contribution < -0.4 is 5.32 Å². The number of rotatable bonds is 6. The van der Waals surface area contributed by atoms with Gasteiger partial charge in [0, 0.05) is 24.4 Å². The van der Waals surface area contributed by atoms with Gasteiger partial charge in [-0.25, -0.2) is 13.4 Å². The van der Waals surface area contributed by atoms with Crippen molar-refractivity contribution in [3.63, 3.8) is 0 Å². The van der Waals surface area contributed by atoms with Crippen LogP contribution in [0.1, 0.15) is 40.0 Å². The van der Waals surface area contributed by atoms with Crippen molar-refractivity contribution in [3.8, 4) is 0 Å². The number of anilines is 1. The predicted octanol–water partition coefficient (Wildman–Crippen LogP) is 2.94. The lowest BCUT2D eigenvalue weighted by molar-refractivity contribution is 0.103. The number of unbranched alkanes of at least 4 members (excludes halogenated alkanes) is 1. The van der Waals surface area contributed by atoms with Crippen molar-refractivity contribution in [1.29, 1.82) is 0 Å². The maximum absolute atomic E-state index is 12.3. The van der Waals surface area contributed by atoms with Crippen LogP contribution in [0.2, 0.25) is 0 Å². The topological polar surface area (TPSA) is 79.4 Å². The number of thiazole rings is 1. The Hall–Kier alpha value is -1.29. The number of fused-ring (bicyclic) bond motifs is 1. The van der Waals surface area contributed by atoms with Gasteiger partial charge in [0.1, 0.15) is 0 Å². The Morgan fingerprint density at radius 2 is 2.29 bits per heavy atom. The number of hydrogen-bond acceptors (Lipinski definition) is 6. The highest BCUT2D eigenvalue weighted by Gasteiger charge is 2.28. The Labute approximate surface area is 149 Å². The minimum absolute atomic E-state index is 0.177. The third kappa shape index (κ3) is 3.85. The van der Waals surface area contributed by atoms with E-state index in [2.05, 4.69) is 10.3 Å². The van der Waals surface area contributed by atoms with E-state index in [0.717, 1.165) is 17.0 Å². The molecular weight excluding hydrogens is 366 g/mol. The standard InChI is InChI=1S/C15H19N3O3S3/c1-2-3-9-24(20,21)18-7-6-11-13(10-18)23-15(16-11)17-14(19)12-5-4-8-22-12/h4-5,8H,2-3,6-7,9-10H2,1H3,(H,16,17,19). The summed E-state index contributed by atoms with van der Waals surface area (Å²) in [6.45, 7) is 2.80. The third-order valence-corrected chi connectivity index (χ3v) is 7.58. The third-order valence-electron chi connectivity index (χ3n) is 3.81. The molecule has 2 aromatic rings. The molecule has 0 bridgehead atoms. The molecular formula is C15H19N3O3S3. The summed E-state index contributed by atoms with van der Waals surface area (Å²) in [5, 5.41) is 5.18. The fourth-order valence-corrected chi connectivity index (χ4v) is 5.81. The molecule has 2 aromatic heterocycles. The lowest BCUT2D eigenvalue weighted by Crippen LogP contribution is -2.37. The molecule has 1 aliphatic heterocycles. The number of carbonyl (C=O) groups excluding carboxylic acids is 1. The first kappa shape index (κ1) is 17.5. The minimum Gasteiger partial charge on any atom is -0.297 e. The summed E-state index contributed by atoms with van der Waals surface area (Å²) in [5.41, 5.74) is 0.892. The summed E-state index contributed by atoms with van der Waals surface area (Å²) >= 11 is 2.73. The number of aromatic nitrogens is 1. The Bertz CT molecular complexity index is 812.